The first-order chi connectivity index (χ1) is 43.5. The summed E-state index contributed by atoms with van der Waals surface area (Å²) in [4.78, 5) is 103. The molecule has 22 nitrogen and oxygen atoms in total. The number of alkyl halides is 1. The number of carbonyl (C=O) groups is 6. The maximum atomic E-state index is 14.2. The van der Waals surface area contributed by atoms with Gasteiger partial charge in [0.2, 0.25) is 5.91 Å². The fraction of sp³-hybridized carbons (Fsp3) is 0.439. The highest BCUT2D eigenvalue weighted by Crippen LogP contribution is 2.50. The van der Waals surface area contributed by atoms with E-state index in [-0.39, 0.29) is 56.7 Å². The highest BCUT2D eigenvalue weighted by Gasteiger charge is 2.56. The van der Waals surface area contributed by atoms with E-state index in [1.54, 1.807) is 59.5 Å². The number of carbonyl (C=O) groups excluding carboxylic acids is 8. The second-order valence-corrected chi connectivity index (χ2v) is 27.2. The molecule has 2 amide bonds. The van der Waals surface area contributed by atoms with E-state index in [2.05, 4.69) is 63.9 Å². The second-order valence-electron chi connectivity index (χ2n) is 22.5. The fourth-order valence-corrected chi connectivity index (χ4v) is 14.9. The van der Waals surface area contributed by atoms with Gasteiger partial charge >= 0.3 is 30.0 Å². The topological polar surface area (TPSA) is 247 Å². The lowest BCUT2D eigenvalue weighted by molar-refractivity contribution is -0.191. The monoisotopic (exact) mass is 1270 g/mol. The molecule has 2 saturated heterocycles. The number of ether oxygens (including phenoxy) is 8. The van der Waals surface area contributed by atoms with Crippen LogP contribution in [0.15, 0.2) is 97.1 Å². The van der Waals surface area contributed by atoms with Gasteiger partial charge in [-0.05, 0) is 103 Å². The number of hydrogen-bond acceptors (Lipinski definition) is 20. The van der Waals surface area contributed by atoms with Gasteiger partial charge < -0.3 is 68.1 Å². The molecule has 5 aromatic carbocycles. The summed E-state index contributed by atoms with van der Waals surface area (Å²) in [6, 6.07) is 30.2. The quantitative estimate of drug-likeness (QED) is 0.0166. The molecule has 2 N–H and O–H groups in total. The van der Waals surface area contributed by atoms with Crippen molar-refractivity contribution < 1.29 is 76.3 Å². The minimum Gasteiger partial charge on any atom is -0.488 e. The lowest BCUT2D eigenvalue weighted by Crippen LogP contribution is -2.63. The van der Waals surface area contributed by atoms with Crippen molar-refractivity contribution in [3.63, 3.8) is 0 Å². The van der Waals surface area contributed by atoms with Crippen LogP contribution in [0.1, 0.15) is 76.4 Å². The zero-order valence-electron chi connectivity index (χ0n) is 51.9. The smallest absolute Gasteiger partial charge is 0.373 e. The van der Waals surface area contributed by atoms with Crippen LogP contribution in [0.2, 0.25) is 13.1 Å². The van der Waals surface area contributed by atoms with E-state index < -0.39 is 37.6 Å². The third kappa shape index (κ3) is 15.7. The summed E-state index contributed by atoms with van der Waals surface area (Å²) in [5, 5.41) is 8.34. The van der Waals surface area contributed by atoms with Gasteiger partial charge in [0.25, 0.3) is 5.91 Å². The van der Waals surface area contributed by atoms with Gasteiger partial charge in [0.05, 0.1) is 64.0 Å². The lowest BCUT2D eigenvalue weighted by Gasteiger charge is -2.46. The van der Waals surface area contributed by atoms with E-state index in [4.69, 9.17) is 59.1 Å². The molecule has 2 fully saturated rings. The molecular formula is C66H79ClN6O16Si. The Hall–Kier alpha value is -8.47. The first-order valence-corrected chi connectivity index (χ1v) is 33.8. The molecule has 480 valence electrons. The Labute approximate surface area is 530 Å². The van der Waals surface area contributed by atoms with E-state index in [1.165, 1.54) is 26.2 Å². The number of benzene rings is 5. The Bertz CT molecular complexity index is 3390. The van der Waals surface area contributed by atoms with Crippen molar-refractivity contribution in [1.29, 1.82) is 0 Å². The highest BCUT2D eigenvalue weighted by atomic mass is 35.5. The summed E-state index contributed by atoms with van der Waals surface area (Å²) in [6.45, 7) is 11.6. The van der Waals surface area contributed by atoms with E-state index in [1.807, 2.05) is 19.1 Å². The molecular weight excluding hydrogens is 1200 g/mol. The number of fused-ring (bicyclic) bond motifs is 6. The molecule has 9 rings (SSSR count). The molecule has 0 aromatic heterocycles. The molecule has 0 bridgehead atoms. The van der Waals surface area contributed by atoms with Gasteiger partial charge in [0.15, 0.2) is 5.60 Å². The molecule has 4 heterocycles. The molecule has 1 spiro atoms. The predicted octanol–water partition coefficient (Wildman–Crippen LogP) is 6.16. The van der Waals surface area contributed by atoms with Crippen LogP contribution in [0, 0.1) is 5.92 Å². The van der Waals surface area contributed by atoms with Gasteiger partial charge in [-0.1, -0.05) is 50.2 Å². The summed E-state index contributed by atoms with van der Waals surface area (Å²) >= 11 is 5.77. The first-order valence-electron chi connectivity index (χ1n) is 30.2. The normalized spacial score (nSPS) is 15.6. The number of rotatable bonds is 31. The Kier molecular flexibility index (Phi) is 23.8. The van der Waals surface area contributed by atoms with Crippen LogP contribution >= 0.6 is 11.6 Å². The predicted molar refractivity (Wildman–Crippen MR) is 341 cm³/mol. The van der Waals surface area contributed by atoms with Crippen molar-refractivity contribution in [2.75, 3.05) is 151 Å². The lowest BCUT2D eigenvalue weighted by atomic mass is 9.78. The standard InChI is InChI=1S/C65H79ClN6O14Si.CO2/c1-7-69(41-59(73)79-2)54-24-18-46(36-56(54)85-34-33-84-55-16-11-10-15-53(55)72(42-60(74)80-3)43-61(75)81-4)68-63(77)45-39-71(40-45)48-20-23-51-58(38-48)87(5,6)57-37-47(70-27-14-28-70)19-22-50(57)65(51)52-35-44(17-21-49(52)64(78)86-65)62(76)67-26-30-83-32-31-82-29-13-9-8-12-25-66;2-1-3/h10-11,15-24,35-38,45H,7-9,12-14,25-34,39-43H2,1-6H3,(H,67,76)(H,68,77);. The molecule has 1 unspecified atom stereocenters. The van der Waals surface area contributed by atoms with Crippen molar-refractivity contribution >= 4 is 100 Å². The van der Waals surface area contributed by atoms with Gasteiger partial charge in [0, 0.05) is 97.1 Å². The number of nitrogens with zero attached hydrogens (tertiary/aromatic N) is 4. The van der Waals surface area contributed by atoms with Crippen molar-refractivity contribution in [1.82, 2.24) is 5.32 Å². The van der Waals surface area contributed by atoms with E-state index in [9.17, 15) is 28.8 Å². The summed E-state index contributed by atoms with van der Waals surface area (Å²) in [6.07, 6.45) is 5.55. The number of unbranched alkanes of at least 4 members (excludes halogenated alkanes) is 3. The zero-order valence-corrected chi connectivity index (χ0v) is 53.6. The Morgan fingerprint density at radius 2 is 1.26 bits per heavy atom. The Morgan fingerprint density at radius 3 is 1.87 bits per heavy atom. The van der Waals surface area contributed by atoms with Crippen LogP contribution in [-0.2, 0) is 62.8 Å². The van der Waals surface area contributed by atoms with Crippen molar-refractivity contribution in [2.45, 2.75) is 57.7 Å². The number of methoxy groups -OCH3 is 3. The summed E-state index contributed by atoms with van der Waals surface area (Å²) in [5.74, 6) is -1.40. The highest BCUT2D eigenvalue weighted by molar-refractivity contribution is 7.01. The minimum absolute atomic E-state index is 0.0325. The molecule has 0 radical (unpaired) electrons. The number of esters is 4. The molecule has 4 aliphatic rings. The van der Waals surface area contributed by atoms with Crippen molar-refractivity contribution in [2.24, 2.45) is 5.92 Å². The Balaban J connectivity index is 0.00000342. The fourth-order valence-electron chi connectivity index (χ4n) is 11.6. The molecule has 24 heteroatoms. The van der Waals surface area contributed by atoms with Crippen LogP contribution in [-0.4, -0.2) is 176 Å². The number of para-hydroxylation sites is 2. The largest absolute Gasteiger partial charge is 0.488 e. The maximum absolute atomic E-state index is 14.2. The van der Waals surface area contributed by atoms with Crippen LogP contribution in [0.4, 0.5) is 28.4 Å². The number of likely N-dealkylation sites (N-methyl/N-ethyl adjacent to an activating group) is 1. The van der Waals surface area contributed by atoms with Crippen LogP contribution in [0.5, 0.6) is 11.5 Å². The first kappa shape index (κ1) is 67.5. The van der Waals surface area contributed by atoms with Crippen molar-refractivity contribution in [3.8, 4) is 11.5 Å². The number of amides is 2. The molecule has 90 heavy (non-hydrogen) atoms. The van der Waals surface area contributed by atoms with Gasteiger partial charge in [0.1, 0.15) is 52.4 Å². The van der Waals surface area contributed by atoms with Gasteiger partial charge in [-0.25, -0.2) is 4.79 Å². The van der Waals surface area contributed by atoms with E-state index in [0.717, 1.165) is 78.1 Å². The zero-order chi connectivity index (χ0) is 64.4. The summed E-state index contributed by atoms with van der Waals surface area (Å²) in [7, 11) is 1.29. The summed E-state index contributed by atoms with van der Waals surface area (Å²) in [5.41, 5.74) is 5.48. The van der Waals surface area contributed by atoms with Gasteiger partial charge in [-0.3, -0.25) is 24.0 Å². The molecule has 5 aromatic rings. The summed E-state index contributed by atoms with van der Waals surface area (Å²) < 4.78 is 45.4. The minimum atomic E-state index is -2.56. The average Bonchev–Trinajstić information content (AvgIpc) is 1.33. The van der Waals surface area contributed by atoms with Gasteiger partial charge in [-0.15, -0.1) is 11.6 Å². The SMILES string of the molecule is CCN(CC(=O)OC)c1ccc(NC(=O)C2CN(c3ccc4c(c3)[Si](C)(C)c3cc(N5CCC5)ccc3C43OC(=O)c4ccc(C(=O)NCCOCCOCCCCCCCl)cc43)C2)cc1OCCOc1ccccc1N(CC(=O)OC)CC(=O)OC.O=C=O. The third-order valence-electron chi connectivity index (χ3n) is 16.6. The second kappa shape index (κ2) is 31.8. The molecule has 4 aliphatic heterocycles. The molecule has 0 aliphatic carbocycles. The number of halogens is 1. The third-order valence-corrected chi connectivity index (χ3v) is 20.3. The Morgan fingerprint density at radius 1 is 0.667 bits per heavy atom. The average molecular weight is 1280 g/mol. The number of hydrogen-bond donors (Lipinski definition) is 2. The maximum Gasteiger partial charge on any atom is 0.373 e. The van der Waals surface area contributed by atoms with Crippen LogP contribution < -0.4 is 50.1 Å². The van der Waals surface area contributed by atoms with Crippen LogP contribution in [0.3, 0.4) is 0 Å². The molecule has 0 saturated carbocycles. The van der Waals surface area contributed by atoms with E-state index in [0.29, 0.717) is 104 Å². The van der Waals surface area contributed by atoms with Crippen molar-refractivity contribution in [3.05, 3.63) is 125 Å². The van der Waals surface area contributed by atoms with Crippen LogP contribution in [0.25, 0.3) is 0 Å². The number of anilines is 5. The van der Waals surface area contributed by atoms with Gasteiger partial charge in [-0.2, -0.15) is 9.59 Å². The molecule has 1 atom stereocenters. The van der Waals surface area contributed by atoms with E-state index >= 15 is 0 Å². The number of nitrogens with one attached hydrogen (secondary N) is 2.